The van der Waals surface area contributed by atoms with Crippen LogP contribution in [0.4, 0.5) is 0 Å². The average Bonchev–Trinajstić information content (AvgIpc) is 2.74. The van der Waals surface area contributed by atoms with Crippen LogP contribution in [0.2, 0.25) is 0 Å². The van der Waals surface area contributed by atoms with Crippen LogP contribution in [0.25, 0.3) is 5.69 Å². The monoisotopic (exact) mass is 305 g/mol. The number of ketones is 1. The maximum Gasteiger partial charge on any atom is 0.249 e. The van der Waals surface area contributed by atoms with Gasteiger partial charge in [0.2, 0.25) is 6.33 Å². The molecule has 0 atom stereocenters. The molecule has 0 spiro atoms. The largest absolute Gasteiger partial charge is 0.293 e. The van der Waals surface area contributed by atoms with Crippen LogP contribution >= 0.6 is 11.6 Å². The summed E-state index contributed by atoms with van der Waals surface area (Å²) >= 11 is 6.06. The topological polar surface area (TPSA) is 25.9 Å². The molecule has 0 bridgehead atoms. The Labute approximate surface area is 131 Å². The lowest BCUT2D eigenvalue weighted by Gasteiger charge is -2.11. The number of hydrogen-bond donors (Lipinski definition) is 0. The number of halogens is 1. The SMILES string of the molecule is Cc1cc(C)c(-n2cc[n+](CC(=O)C(C)(C)Cl)c2)c(C)c1. The molecule has 3 nitrogen and oxygen atoms in total. The number of imidazole rings is 1. The molecule has 21 heavy (non-hydrogen) atoms. The van der Waals surface area contributed by atoms with Gasteiger partial charge in [-0.3, -0.25) is 4.79 Å². The number of rotatable bonds is 4. The number of nitrogens with zero attached hydrogens (tertiary/aromatic N) is 2. The number of alkyl halides is 1. The van der Waals surface area contributed by atoms with Crippen LogP contribution < -0.4 is 4.57 Å². The van der Waals surface area contributed by atoms with Crippen LogP contribution in [-0.4, -0.2) is 15.2 Å². The molecule has 112 valence electrons. The third-order valence-corrected chi connectivity index (χ3v) is 3.79. The van der Waals surface area contributed by atoms with Gasteiger partial charge < -0.3 is 0 Å². The van der Waals surface area contributed by atoms with Gasteiger partial charge in [0.25, 0.3) is 0 Å². The Kier molecular flexibility index (Phi) is 4.24. The third-order valence-electron chi connectivity index (χ3n) is 3.57. The van der Waals surface area contributed by atoms with Crippen molar-refractivity contribution in [1.82, 2.24) is 4.57 Å². The number of Topliss-reactive ketones (excluding diaryl/α,β-unsaturated/α-hetero) is 1. The number of carbonyl (C=O) groups excluding carboxylic acids is 1. The van der Waals surface area contributed by atoms with Crippen molar-refractivity contribution in [3.05, 3.63) is 47.5 Å². The average molecular weight is 306 g/mol. The van der Waals surface area contributed by atoms with E-state index in [0.717, 1.165) is 5.69 Å². The van der Waals surface area contributed by atoms with E-state index in [0.29, 0.717) is 0 Å². The van der Waals surface area contributed by atoms with Crippen molar-refractivity contribution < 1.29 is 9.36 Å². The molecule has 0 aliphatic heterocycles. The second-order valence-electron chi connectivity index (χ2n) is 6.14. The molecule has 0 saturated heterocycles. The fourth-order valence-electron chi connectivity index (χ4n) is 2.55. The van der Waals surface area contributed by atoms with Crippen molar-refractivity contribution in [3.8, 4) is 5.69 Å². The lowest BCUT2D eigenvalue weighted by Crippen LogP contribution is -2.42. The van der Waals surface area contributed by atoms with Crippen LogP contribution in [0.15, 0.2) is 30.9 Å². The summed E-state index contributed by atoms with van der Waals surface area (Å²) in [6.07, 6.45) is 5.81. The van der Waals surface area contributed by atoms with Crippen molar-refractivity contribution in [1.29, 1.82) is 0 Å². The zero-order chi connectivity index (χ0) is 15.8. The summed E-state index contributed by atoms with van der Waals surface area (Å²) in [5, 5.41) is 0. The van der Waals surface area contributed by atoms with Gasteiger partial charge in [-0.25, -0.2) is 9.13 Å². The highest BCUT2D eigenvalue weighted by atomic mass is 35.5. The molecule has 1 aromatic heterocycles. The van der Waals surface area contributed by atoms with Gasteiger partial charge in [0, 0.05) is 0 Å². The molecule has 0 amide bonds. The smallest absolute Gasteiger partial charge is 0.249 e. The number of aromatic nitrogens is 2. The van der Waals surface area contributed by atoms with E-state index in [4.69, 9.17) is 11.6 Å². The van der Waals surface area contributed by atoms with Crippen molar-refractivity contribution in [2.24, 2.45) is 0 Å². The number of carbonyl (C=O) groups is 1. The van der Waals surface area contributed by atoms with E-state index >= 15 is 0 Å². The van der Waals surface area contributed by atoms with Gasteiger partial charge in [0.05, 0.1) is 0 Å². The minimum absolute atomic E-state index is 0.00395. The first-order valence-corrected chi connectivity index (χ1v) is 7.44. The lowest BCUT2D eigenvalue weighted by molar-refractivity contribution is -0.683. The van der Waals surface area contributed by atoms with E-state index in [2.05, 4.69) is 37.5 Å². The van der Waals surface area contributed by atoms with Crippen LogP contribution in [-0.2, 0) is 11.3 Å². The van der Waals surface area contributed by atoms with Crippen LogP contribution in [0.5, 0.6) is 0 Å². The summed E-state index contributed by atoms with van der Waals surface area (Å²) in [5.74, 6) is 0.00395. The number of hydrogen-bond acceptors (Lipinski definition) is 1. The van der Waals surface area contributed by atoms with Crippen molar-refractivity contribution in [2.75, 3.05) is 0 Å². The van der Waals surface area contributed by atoms with Gasteiger partial charge in [-0.1, -0.05) is 17.7 Å². The molecule has 1 heterocycles. The zero-order valence-corrected chi connectivity index (χ0v) is 14.0. The summed E-state index contributed by atoms with van der Waals surface area (Å²) in [4.78, 5) is 11.2. The molecule has 2 aromatic rings. The summed E-state index contributed by atoms with van der Waals surface area (Å²) in [6.45, 7) is 10.0. The standard InChI is InChI=1S/C17H22ClN2O/c1-12-8-13(2)16(14(3)9-12)20-7-6-19(11-20)10-15(21)17(4,5)18/h6-9,11H,10H2,1-5H3/q+1. The quantitative estimate of drug-likeness (QED) is 0.629. The molecule has 0 fully saturated rings. The molecule has 0 radical (unpaired) electrons. The molecule has 0 saturated carbocycles. The van der Waals surface area contributed by atoms with Gasteiger partial charge in [-0.15, -0.1) is 11.6 Å². The van der Waals surface area contributed by atoms with Gasteiger partial charge >= 0.3 is 0 Å². The summed E-state index contributed by atoms with van der Waals surface area (Å²) < 4.78 is 3.92. The second kappa shape index (κ2) is 5.64. The van der Waals surface area contributed by atoms with Crippen LogP contribution in [0.3, 0.4) is 0 Å². The molecule has 0 N–H and O–H groups in total. The van der Waals surface area contributed by atoms with Gasteiger partial charge in [0.15, 0.2) is 12.3 Å². The first-order valence-electron chi connectivity index (χ1n) is 7.06. The molecule has 0 unspecified atom stereocenters. The Morgan fingerprint density at radius 2 is 1.81 bits per heavy atom. The predicted molar refractivity (Wildman–Crippen MR) is 85.1 cm³/mol. The highest BCUT2D eigenvalue weighted by Crippen LogP contribution is 2.20. The van der Waals surface area contributed by atoms with Crippen LogP contribution in [0.1, 0.15) is 30.5 Å². The maximum atomic E-state index is 12.0. The Morgan fingerprint density at radius 3 is 2.33 bits per heavy atom. The van der Waals surface area contributed by atoms with E-state index in [1.165, 1.54) is 16.7 Å². The number of aryl methyl sites for hydroxylation is 3. The van der Waals surface area contributed by atoms with E-state index < -0.39 is 4.87 Å². The molecular formula is C17H22ClN2O+. The minimum atomic E-state index is -0.829. The summed E-state index contributed by atoms with van der Waals surface area (Å²) in [5.41, 5.74) is 4.86. The highest BCUT2D eigenvalue weighted by molar-refractivity contribution is 6.34. The Hall–Kier alpha value is -1.61. The Balaban J connectivity index is 2.31. The second-order valence-corrected chi connectivity index (χ2v) is 7.08. The van der Waals surface area contributed by atoms with Crippen LogP contribution in [0, 0.1) is 20.8 Å². The van der Waals surface area contributed by atoms with E-state index in [-0.39, 0.29) is 12.3 Å². The first-order chi connectivity index (χ1) is 9.68. The van der Waals surface area contributed by atoms with Gasteiger partial charge in [0.1, 0.15) is 23.0 Å². The number of benzene rings is 1. The maximum absolute atomic E-state index is 12.0. The molecule has 0 aliphatic rings. The first kappa shape index (κ1) is 15.8. The van der Waals surface area contributed by atoms with E-state index in [1.807, 2.05) is 23.3 Å². The normalized spacial score (nSPS) is 11.7. The minimum Gasteiger partial charge on any atom is -0.293 e. The van der Waals surface area contributed by atoms with E-state index in [1.54, 1.807) is 13.8 Å². The predicted octanol–water partition coefficient (Wildman–Crippen LogP) is 3.28. The highest BCUT2D eigenvalue weighted by Gasteiger charge is 2.26. The lowest BCUT2D eigenvalue weighted by atomic mass is 10.1. The van der Waals surface area contributed by atoms with Crippen molar-refractivity contribution in [3.63, 3.8) is 0 Å². The Bertz CT molecular complexity index is 657. The molecule has 1 aromatic carbocycles. The summed E-state index contributed by atoms with van der Waals surface area (Å²) in [7, 11) is 0. The molecule has 2 rings (SSSR count). The fraction of sp³-hybridized carbons (Fsp3) is 0.412. The zero-order valence-electron chi connectivity index (χ0n) is 13.3. The Morgan fingerprint density at radius 1 is 1.24 bits per heavy atom. The van der Waals surface area contributed by atoms with Gasteiger partial charge in [-0.05, 0) is 45.7 Å². The van der Waals surface area contributed by atoms with E-state index in [9.17, 15) is 4.79 Å². The molecule has 0 aliphatic carbocycles. The third kappa shape index (κ3) is 3.53. The molecule has 4 heteroatoms. The van der Waals surface area contributed by atoms with Crippen molar-refractivity contribution >= 4 is 17.4 Å². The van der Waals surface area contributed by atoms with Gasteiger partial charge in [-0.2, -0.15) is 0 Å². The summed E-state index contributed by atoms with van der Waals surface area (Å²) in [6, 6.07) is 4.33. The van der Waals surface area contributed by atoms with Crippen molar-refractivity contribution in [2.45, 2.75) is 46.0 Å². The fourth-order valence-corrected chi connectivity index (χ4v) is 2.61. The molecular weight excluding hydrogens is 284 g/mol.